The molecule has 0 aromatic heterocycles. The third kappa shape index (κ3) is 3.49. The summed E-state index contributed by atoms with van der Waals surface area (Å²) in [5, 5.41) is 16.0. The fourth-order valence-electron chi connectivity index (χ4n) is 4.02. The molecule has 0 bridgehead atoms. The third-order valence-electron chi connectivity index (χ3n) is 5.56. The van der Waals surface area contributed by atoms with Crippen molar-refractivity contribution in [1.82, 2.24) is 0 Å². The molecule has 0 saturated heterocycles. The first-order valence-corrected chi connectivity index (χ1v) is 9.94. The van der Waals surface area contributed by atoms with Gasteiger partial charge in [-0.05, 0) is 61.7 Å². The highest BCUT2D eigenvalue weighted by Crippen LogP contribution is 2.36. The van der Waals surface area contributed by atoms with Crippen molar-refractivity contribution >= 4 is 50.3 Å². The summed E-state index contributed by atoms with van der Waals surface area (Å²) in [7, 11) is 0. The van der Waals surface area contributed by atoms with Crippen LogP contribution in [0, 0.1) is 0 Å². The molecule has 5 aromatic carbocycles. The van der Waals surface area contributed by atoms with Gasteiger partial charge in [0, 0.05) is 6.08 Å². The Labute approximate surface area is 178 Å². The maximum absolute atomic E-state index is 12.2. The molecule has 4 heteroatoms. The van der Waals surface area contributed by atoms with Crippen molar-refractivity contribution in [1.29, 1.82) is 0 Å². The molecular weight excluding hydrogens is 388 g/mol. The van der Waals surface area contributed by atoms with Crippen LogP contribution < -0.4 is 0 Å². The van der Waals surface area contributed by atoms with E-state index in [1.807, 2.05) is 6.07 Å². The largest absolute Gasteiger partial charge is 0.478 e. The second kappa shape index (κ2) is 7.58. The van der Waals surface area contributed by atoms with Crippen molar-refractivity contribution < 1.29 is 19.4 Å². The van der Waals surface area contributed by atoms with Crippen LogP contribution in [-0.2, 0) is 16.1 Å². The summed E-state index contributed by atoms with van der Waals surface area (Å²) in [6, 6.07) is 25.1. The van der Waals surface area contributed by atoms with E-state index in [4.69, 9.17) is 9.84 Å². The molecular formula is C27H18O4. The molecule has 0 atom stereocenters. The lowest BCUT2D eigenvalue weighted by atomic mass is 9.92. The van der Waals surface area contributed by atoms with Gasteiger partial charge < -0.3 is 9.84 Å². The van der Waals surface area contributed by atoms with Gasteiger partial charge in [0.1, 0.15) is 6.61 Å². The Morgan fingerprint density at radius 2 is 1.42 bits per heavy atom. The fraction of sp³-hybridized carbons (Fsp3) is 0.0370. The van der Waals surface area contributed by atoms with E-state index in [1.54, 1.807) is 18.2 Å². The standard InChI is InChI=1S/C27H18O4/c28-24(15-6-17-4-7-21(8-5-17)27(29)30)31-16-22-12-11-20-10-9-18-2-1-3-19-13-14-23(22)26(20)25(18)19/h1-15H,16H2,(H,29,30)/b15-6+. The summed E-state index contributed by atoms with van der Waals surface area (Å²) in [5.41, 5.74) is 1.89. The van der Waals surface area contributed by atoms with E-state index >= 15 is 0 Å². The predicted octanol–water partition coefficient (Wildman–Crippen LogP) is 6.04. The average molecular weight is 406 g/mol. The molecule has 0 radical (unpaired) electrons. The minimum atomic E-state index is -0.983. The van der Waals surface area contributed by atoms with E-state index in [0.29, 0.717) is 0 Å². The van der Waals surface area contributed by atoms with Gasteiger partial charge in [-0.3, -0.25) is 0 Å². The Morgan fingerprint density at radius 1 is 0.774 bits per heavy atom. The Balaban J connectivity index is 1.38. The summed E-state index contributed by atoms with van der Waals surface area (Å²) in [6.07, 6.45) is 2.96. The van der Waals surface area contributed by atoms with Crippen molar-refractivity contribution in [2.75, 3.05) is 0 Å². The molecule has 0 spiro atoms. The first-order chi connectivity index (χ1) is 15.1. The molecule has 1 N–H and O–H groups in total. The van der Waals surface area contributed by atoms with Crippen LogP contribution in [0.4, 0.5) is 0 Å². The van der Waals surface area contributed by atoms with Gasteiger partial charge in [-0.15, -0.1) is 0 Å². The number of carboxylic acids is 1. The lowest BCUT2D eigenvalue weighted by molar-refractivity contribution is -0.138. The summed E-state index contributed by atoms with van der Waals surface area (Å²) < 4.78 is 5.48. The van der Waals surface area contributed by atoms with E-state index in [9.17, 15) is 9.59 Å². The van der Waals surface area contributed by atoms with Crippen molar-refractivity contribution in [3.05, 3.63) is 102 Å². The number of benzene rings is 5. The maximum atomic E-state index is 12.2. The lowest BCUT2D eigenvalue weighted by Crippen LogP contribution is -2.01. The third-order valence-corrected chi connectivity index (χ3v) is 5.56. The Hall–Kier alpha value is -4.18. The highest BCUT2D eigenvalue weighted by Gasteiger charge is 2.11. The number of carboxylic acid groups (broad SMARTS) is 1. The fourth-order valence-corrected chi connectivity index (χ4v) is 4.02. The molecule has 150 valence electrons. The van der Waals surface area contributed by atoms with E-state index < -0.39 is 11.9 Å². The number of rotatable bonds is 5. The monoisotopic (exact) mass is 406 g/mol. The van der Waals surface area contributed by atoms with Crippen LogP contribution in [0.2, 0.25) is 0 Å². The molecule has 0 saturated carbocycles. The Kier molecular flexibility index (Phi) is 4.60. The number of carbonyl (C=O) groups excluding carboxylic acids is 1. The van der Waals surface area contributed by atoms with E-state index in [0.717, 1.165) is 16.5 Å². The average Bonchev–Trinajstić information content (AvgIpc) is 2.80. The van der Waals surface area contributed by atoms with Gasteiger partial charge in [0.25, 0.3) is 0 Å². The van der Waals surface area contributed by atoms with Crippen molar-refractivity contribution in [3.8, 4) is 0 Å². The van der Waals surface area contributed by atoms with Gasteiger partial charge in [-0.2, -0.15) is 0 Å². The normalized spacial score (nSPS) is 11.6. The number of hydrogen-bond donors (Lipinski definition) is 1. The first kappa shape index (κ1) is 18.8. The Morgan fingerprint density at radius 3 is 2.13 bits per heavy atom. The van der Waals surface area contributed by atoms with Crippen LogP contribution in [0.25, 0.3) is 38.4 Å². The highest BCUT2D eigenvalue weighted by molar-refractivity contribution is 6.23. The number of carbonyl (C=O) groups is 2. The molecule has 0 unspecified atom stereocenters. The van der Waals surface area contributed by atoms with Crippen LogP contribution >= 0.6 is 0 Å². The molecule has 0 aliphatic carbocycles. The number of aromatic carboxylic acids is 1. The predicted molar refractivity (Wildman–Crippen MR) is 122 cm³/mol. The maximum Gasteiger partial charge on any atom is 0.335 e. The van der Waals surface area contributed by atoms with Crippen LogP contribution in [0.15, 0.2) is 84.9 Å². The first-order valence-electron chi connectivity index (χ1n) is 9.94. The molecule has 31 heavy (non-hydrogen) atoms. The van der Waals surface area contributed by atoms with Gasteiger partial charge in [-0.1, -0.05) is 66.7 Å². The topological polar surface area (TPSA) is 63.6 Å². The molecule has 5 rings (SSSR count). The van der Waals surface area contributed by atoms with Gasteiger partial charge in [0.05, 0.1) is 5.56 Å². The van der Waals surface area contributed by atoms with Crippen molar-refractivity contribution in [2.24, 2.45) is 0 Å². The Bertz CT molecular complexity index is 1450. The number of esters is 1. The van der Waals surface area contributed by atoms with Crippen LogP contribution in [0.3, 0.4) is 0 Å². The summed E-state index contributed by atoms with van der Waals surface area (Å²) >= 11 is 0. The molecule has 0 fully saturated rings. The summed E-state index contributed by atoms with van der Waals surface area (Å²) in [5.74, 6) is -1.43. The second-order valence-corrected chi connectivity index (χ2v) is 7.45. The molecule has 4 nitrogen and oxygen atoms in total. The van der Waals surface area contributed by atoms with Crippen LogP contribution in [0.5, 0.6) is 0 Å². The van der Waals surface area contributed by atoms with Crippen LogP contribution in [0.1, 0.15) is 21.5 Å². The highest BCUT2D eigenvalue weighted by atomic mass is 16.5. The second-order valence-electron chi connectivity index (χ2n) is 7.45. The van der Waals surface area contributed by atoms with Crippen LogP contribution in [-0.4, -0.2) is 17.0 Å². The van der Waals surface area contributed by atoms with E-state index in [1.165, 1.54) is 45.1 Å². The molecule has 5 aromatic rings. The lowest BCUT2D eigenvalue weighted by Gasteiger charge is -2.13. The number of ether oxygens (including phenoxy) is 1. The smallest absolute Gasteiger partial charge is 0.335 e. The zero-order valence-corrected chi connectivity index (χ0v) is 16.5. The zero-order valence-electron chi connectivity index (χ0n) is 16.5. The van der Waals surface area contributed by atoms with Gasteiger partial charge in [0.2, 0.25) is 0 Å². The van der Waals surface area contributed by atoms with Crippen molar-refractivity contribution in [3.63, 3.8) is 0 Å². The molecule has 0 aliphatic heterocycles. The van der Waals surface area contributed by atoms with E-state index in [-0.39, 0.29) is 12.2 Å². The van der Waals surface area contributed by atoms with Gasteiger partial charge in [0.15, 0.2) is 0 Å². The molecule has 0 amide bonds. The van der Waals surface area contributed by atoms with Crippen molar-refractivity contribution in [2.45, 2.75) is 6.61 Å². The minimum Gasteiger partial charge on any atom is -0.478 e. The van der Waals surface area contributed by atoms with Gasteiger partial charge >= 0.3 is 11.9 Å². The quantitative estimate of drug-likeness (QED) is 0.220. The minimum absolute atomic E-state index is 0.176. The SMILES string of the molecule is O=C(/C=C/c1ccc(C(=O)O)cc1)OCc1ccc2ccc3cccc4ccc1c2c34. The zero-order chi connectivity index (χ0) is 21.4. The summed E-state index contributed by atoms with van der Waals surface area (Å²) in [6.45, 7) is 0.176. The summed E-state index contributed by atoms with van der Waals surface area (Å²) in [4.78, 5) is 23.1. The molecule has 0 heterocycles. The molecule has 0 aliphatic rings. The van der Waals surface area contributed by atoms with Gasteiger partial charge in [-0.25, -0.2) is 9.59 Å². The van der Waals surface area contributed by atoms with E-state index in [2.05, 4.69) is 48.5 Å². The number of hydrogen-bond acceptors (Lipinski definition) is 3.